The molecule has 2 rings (SSSR count). The third-order valence-corrected chi connectivity index (χ3v) is 3.53. The number of halogens is 2. The molecule has 3 heteroatoms. The smallest absolute Gasteiger partial charge is 0.123 e. The van der Waals surface area contributed by atoms with Crippen LogP contribution in [0.15, 0.2) is 48.5 Å². The first-order chi connectivity index (χ1) is 9.63. The van der Waals surface area contributed by atoms with Gasteiger partial charge < -0.3 is 5.32 Å². The van der Waals surface area contributed by atoms with Crippen LogP contribution in [0.2, 0.25) is 5.02 Å². The number of benzene rings is 2. The zero-order valence-corrected chi connectivity index (χ0v) is 12.3. The van der Waals surface area contributed by atoms with Crippen LogP contribution in [-0.2, 0) is 12.8 Å². The van der Waals surface area contributed by atoms with E-state index in [4.69, 9.17) is 11.6 Å². The molecule has 0 amide bonds. The van der Waals surface area contributed by atoms with E-state index in [1.165, 1.54) is 17.7 Å². The molecule has 0 aromatic heterocycles. The first-order valence-corrected chi connectivity index (χ1v) is 7.23. The van der Waals surface area contributed by atoms with Gasteiger partial charge >= 0.3 is 0 Å². The number of rotatable bonds is 6. The molecule has 2 aromatic rings. The molecule has 0 saturated heterocycles. The summed E-state index contributed by atoms with van der Waals surface area (Å²) in [5.41, 5.74) is 2.42. The van der Waals surface area contributed by atoms with Gasteiger partial charge in [0, 0.05) is 11.1 Å². The molecule has 0 fully saturated rings. The van der Waals surface area contributed by atoms with Crippen molar-refractivity contribution in [2.75, 3.05) is 6.54 Å². The number of hydrogen-bond donors (Lipinski definition) is 1. The molecule has 1 N–H and O–H groups in total. The van der Waals surface area contributed by atoms with Crippen LogP contribution in [-0.4, -0.2) is 12.6 Å². The molecule has 1 unspecified atom stereocenters. The Labute approximate surface area is 124 Å². The van der Waals surface area contributed by atoms with Gasteiger partial charge in [-0.25, -0.2) is 4.39 Å². The topological polar surface area (TPSA) is 12.0 Å². The maximum atomic E-state index is 12.8. The van der Waals surface area contributed by atoms with Crippen LogP contribution in [0.5, 0.6) is 0 Å². The lowest BCUT2D eigenvalue weighted by molar-refractivity contribution is 0.548. The second-order valence-electron chi connectivity index (χ2n) is 5.06. The summed E-state index contributed by atoms with van der Waals surface area (Å²) in [6.07, 6.45) is 1.88. The molecule has 0 heterocycles. The van der Waals surface area contributed by atoms with Gasteiger partial charge in [0.05, 0.1) is 0 Å². The molecule has 0 aliphatic heterocycles. The monoisotopic (exact) mass is 291 g/mol. The molecule has 0 radical (unpaired) electrons. The van der Waals surface area contributed by atoms with Crippen molar-refractivity contribution in [1.29, 1.82) is 0 Å². The largest absolute Gasteiger partial charge is 0.314 e. The summed E-state index contributed by atoms with van der Waals surface area (Å²) < 4.78 is 12.8. The summed E-state index contributed by atoms with van der Waals surface area (Å²) in [6.45, 7) is 3.06. The molecule has 0 bridgehead atoms. The minimum Gasteiger partial charge on any atom is -0.314 e. The van der Waals surface area contributed by atoms with Crippen LogP contribution >= 0.6 is 11.6 Å². The van der Waals surface area contributed by atoms with Gasteiger partial charge in [0.15, 0.2) is 0 Å². The highest BCUT2D eigenvalue weighted by molar-refractivity contribution is 6.30. The zero-order chi connectivity index (χ0) is 14.4. The SMILES string of the molecule is CC(Cc1ccc(Cl)cc1)NCCc1ccc(F)cc1. The quantitative estimate of drug-likeness (QED) is 0.839. The van der Waals surface area contributed by atoms with E-state index in [0.717, 1.165) is 30.0 Å². The van der Waals surface area contributed by atoms with Gasteiger partial charge in [0.2, 0.25) is 0 Å². The van der Waals surface area contributed by atoms with Crippen LogP contribution in [0.3, 0.4) is 0 Å². The first-order valence-electron chi connectivity index (χ1n) is 6.86. The Morgan fingerprint density at radius 3 is 2.25 bits per heavy atom. The van der Waals surface area contributed by atoms with Crippen molar-refractivity contribution in [2.24, 2.45) is 0 Å². The van der Waals surface area contributed by atoms with E-state index < -0.39 is 0 Å². The molecule has 0 saturated carbocycles. The predicted octanol–water partition coefficient (Wildman–Crippen LogP) is 4.24. The van der Waals surface area contributed by atoms with Crippen molar-refractivity contribution >= 4 is 11.6 Å². The van der Waals surface area contributed by atoms with Gasteiger partial charge in [-0.05, 0) is 61.7 Å². The van der Waals surface area contributed by atoms with Gasteiger partial charge in [0.1, 0.15) is 5.82 Å². The molecule has 106 valence electrons. The highest BCUT2D eigenvalue weighted by atomic mass is 35.5. The fraction of sp³-hybridized carbons (Fsp3) is 0.294. The Bertz CT molecular complexity index is 522. The van der Waals surface area contributed by atoms with E-state index in [1.54, 1.807) is 0 Å². The third-order valence-electron chi connectivity index (χ3n) is 3.27. The lowest BCUT2D eigenvalue weighted by atomic mass is 10.1. The Morgan fingerprint density at radius 1 is 1.00 bits per heavy atom. The van der Waals surface area contributed by atoms with Gasteiger partial charge in [-0.2, -0.15) is 0 Å². The summed E-state index contributed by atoms with van der Waals surface area (Å²) in [5, 5.41) is 4.25. The van der Waals surface area contributed by atoms with Crippen LogP contribution in [0.25, 0.3) is 0 Å². The third kappa shape index (κ3) is 4.95. The minimum absolute atomic E-state index is 0.183. The lowest BCUT2D eigenvalue weighted by Crippen LogP contribution is -2.29. The Kier molecular flexibility index (Phi) is 5.57. The highest BCUT2D eigenvalue weighted by Crippen LogP contribution is 2.11. The van der Waals surface area contributed by atoms with Gasteiger partial charge in [-0.1, -0.05) is 35.9 Å². The van der Waals surface area contributed by atoms with Gasteiger partial charge in [-0.3, -0.25) is 0 Å². The van der Waals surface area contributed by atoms with Crippen LogP contribution in [0, 0.1) is 5.82 Å². The molecule has 0 spiro atoms. The second kappa shape index (κ2) is 7.41. The first kappa shape index (κ1) is 15.0. The molecule has 0 aliphatic carbocycles. The second-order valence-corrected chi connectivity index (χ2v) is 5.50. The Hall–Kier alpha value is -1.38. The van der Waals surface area contributed by atoms with Gasteiger partial charge in [-0.15, -0.1) is 0 Å². The van der Waals surface area contributed by atoms with Crippen LogP contribution in [0.4, 0.5) is 4.39 Å². The van der Waals surface area contributed by atoms with Crippen molar-refractivity contribution in [3.63, 3.8) is 0 Å². The summed E-state index contributed by atoms with van der Waals surface area (Å²) >= 11 is 5.87. The maximum absolute atomic E-state index is 12.8. The van der Waals surface area contributed by atoms with Crippen LogP contribution < -0.4 is 5.32 Å². The van der Waals surface area contributed by atoms with E-state index >= 15 is 0 Å². The van der Waals surface area contributed by atoms with Crippen molar-refractivity contribution in [3.8, 4) is 0 Å². The van der Waals surface area contributed by atoms with Crippen LogP contribution in [0.1, 0.15) is 18.1 Å². The average Bonchev–Trinajstić information content (AvgIpc) is 2.44. The molecule has 0 aliphatic rings. The van der Waals surface area contributed by atoms with Crippen molar-refractivity contribution in [1.82, 2.24) is 5.32 Å². The van der Waals surface area contributed by atoms with Crippen molar-refractivity contribution in [2.45, 2.75) is 25.8 Å². The maximum Gasteiger partial charge on any atom is 0.123 e. The van der Waals surface area contributed by atoms with Crippen molar-refractivity contribution in [3.05, 3.63) is 70.5 Å². The molecule has 20 heavy (non-hydrogen) atoms. The Morgan fingerprint density at radius 2 is 1.60 bits per heavy atom. The number of hydrogen-bond acceptors (Lipinski definition) is 1. The predicted molar refractivity (Wildman–Crippen MR) is 82.7 cm³/mol. The fourth-order valence-corrected chi connectivity index (χ4v) is 2.29. The lowest BCUT2D eigenvalue weighted by Gasteiger charge is -2.14. The van der Waals surface area contributed by atoms with Crippen molar-refractivity contribution < 1.29 is 4.39 Å². The summed E-state index contributed by atoms with van der Waals surface area (Å²) in [7, 11) is 0. The normalized spacial score (nSPS) is 12.3. The van der Waals surface area contributed by atoms with Gasteiger partial charge in [0.25, 0.3) is 0 Å². The zero-order valence-electron chi connectivity index (χ0n) is 11.6. The fourth-order valence-electron chi connectivity index (χ4n) is 2.16. The Balaban J connectivity index is 1.73. The number of nitrogens with one attached hydrogen (secondary N) is 1. The van der Waals surface area contributed by atoms with E-state index in [1.807, 2.05) is 24.3 Å². The summed E-state index contributed by atoms with van der Waals surface area (Å²) in [4.78, 5) is 0. The average molecular weight is 292 g/mol. The molecular formula is C17H19ClFN. The highest BCUT2D eigenvalue weighted by Gasteiger charge is 2.03. The van der Waals surface area contributed by atoms with E-state index in [-0.39, 0.29) is 5.82 Å². The molecular weight excluding hydrogens is 273 g/mol. The summed E-state index contributed by atoms with van der Waals surface area (Å²) in [5.74, 6) is -0.183. The standard InChI is InChI=1S/C17H19ClFN/c1-13(12-15-2-6-16(18)7-3-15)20-11-10-14-4-8-17(19)9-5-14/h2-9,13,20H,10-12H2,1H3. The van der Waals surface area contributed by atoms with E-state index in [9.17, 15) is 4.39 Å². The molecule has 1 nitrogen and oxygen atoms in total. The minimum atomic E-state index is -0.183. The van der Waals surface area contributed by atoms with E-state index in [2.05, 4.69) is 24.4 Å². The van der Waals surface area contributed by atoms with E-state index in [0.29, 0.717) is 6.04 Å². The summed E-state index contributed by atoms with van der Waals surface area (Å²) in [6, 6.07) is 15.0. The molecule has 1 atom stereocenters. The molecule has 2 aromatic carbocycles.